The van der Waals surface area contributed by atoms with Crippen LogP contribution in [0.3, 0.4) is 0 Å². The third-order valence-electron chi connectivity index (χ3n) is 1.59. The first-order chi connectivity index (χ1) is 5.63. The van der Waals surface area contributed by atoms with E-state index in [-0.39, 0.29) is 0 Å². The van der Waals surface area contributed by atoms with Crippen molar-refractivity contribution in [3.63, 3.8) is 0 Å². The molecule has 0 aliphatic rings. The van der Waals surface area contributed by atoms with Crippen LogP contribution in [0.15, 0.2) is 16.1 Å². The fraction of sp³-hybridized carbons (Fsp3) is 0.333. The minimum absolute atomic E-state index is 0.633. The van der Waals surface area contributed by atoms with E-state index >= 15 is 0 Å². The fourth-order valence-electron chi connectivity index (χ4n) is 0.854. The maximum atomic E-state index is 5.49. The zero-order chi connectivity index (χ0) is 9.14. The number of halogens is 1. The van der Waals surface area contributed by atoms with Crippen LogP contribution >= 0.6 is 27.3 Å². The Labute approximate surface area is 85.4 Å². The second-order valence-corrected chi connectivity index (χ2v) is 4.89. The average Bonchev–Trinajstić information content (AvgIpc) is 2.31. The summed E-state index contributed by atoms with van der Waals surface area (Å²) in [5.41, 5.74) is 6.70. The Hall–Kier alpha value is -0.120. The van der Waals surface area contributed by atoms with Crippen LogP contribution in [-0.2, 0) is 0 Å². The maximum absolute atomic E-state index is 5.49. The highest BCUT2D eigenvalue weighted by atomic mass is 79.9. The van der Waals surface area contributed by atoms with Gasteiger partial charge >= 0.3 is 0 Å². The summed E-state index contributed by atoms with van der Waals surface area (Å²) in [4.78, 5) is 2.58. The van der Waals surface area contributed by atoms with Crippen LogP contribution in [-0.4, -0.2) is 6.54 Å². The van der Waals surface area contributed by atoms with Gasteiger partial charge in [0, 0.05) is 20.8 Å². The summed E-state index contributed by atoms with van der Waals surface area (Å²) in [6, 6.07) is 2.12. The van der Waals surface area contributed by atoms with E-state index in [0.717, 1.165) is 0 Å². The third kappa shape index (κ3) is 2.44. The summed E-state index contributed by atoms with van der Waals surface area (Å²) in [6.07, 6.45) is 2.13. The highest BCUT2D eigenvalue weighted by Gasteiger charge is 1.99. The van der Waals surface area contributed by atoms with Gasteiger partial charge in [0.1, 0.15) is 0 Å². The molecule has 1 aromatic rings. The van der Waals surface area contributed by atoms with Gasteiger partial charge in [0.25, 0.3) is 0 Å². The molecule has 0 saturated heterocycles. The molecule has 1 rings (SSSR count). The molecule has 3 heteroatoms. The highest BCUT2D eigenvalue weighted by molar-refractivity contribution is 9.10. The first kappa shape index (κ1) is 9.96. The summed E-state index contributed by atoms with van der Waals surface area (Å²) in [5.74, 6) is 0. The predicted octanol–water partition coefficient (Wildman–Crippen LogP) is 3.18. The molecule has 0 saturated carbocycles. The lowest BCUT2D eigenvalue weighted by Crippen LogP contribution is -1.98. The van der Waals surface area contributed by atoms with E-state index < -0.39 is 0 Å². The van der Waals surface area contributed by atoms with Crippen molar-refractivity contribution in [2.45, 2.75) is 13.8 Å². The quantitative estimate of drug-likeness (QED) is 0.852. The lowest BCUT2D eigenvalue weighted by molar-refractivity contribution is 1.15. The Kier molecular flexibility index (Phi) is 3.50. The molecular formula is C9H12BrNS. The van der Waals surface area contributed by atoms with Gasteiger partial charge in [0.15, 0.2) is 0 Å². The number of thiophene rings is 1. The van der Waals surface area contributed by atoms with Gasteiger partial charge in [-0.25, -0.2) is 0 Å². The topological polar surface area (TPSA) is 26.0 Å². The van der Waals surface area contributed by atoms with Crippen LogP contribution in [0.2, 0.25) is 0 Å². The SMILES string of the molecule is CC(=Cc1cc(Br)c(C)s1)CN. The van der Waals surface area contributed by atoms with Gasteiger partial charge in [0.05, 0.1) is 0 Å². The Balaban J connectivity index is 2.90. The standard InChI is InChI=1S/C9H12BrNS/c1-6(5-11)3-8-4-9(10)7(2)12-8/h3-4H,5,11H2,1-2H3. The van der Waals surface area contributed by atoms with Crippen molar-refractivity contribution >= 4 is 33.3 Å². The molecule has 2 N–H and O–H groups in total. The molecule has 0 unspecified atom stereocenters. The van der Waals surface area contributed by atoms with Gasteiger partial charge < -0.3 is 5.73 Å². The molecule has 66 valence electrons. The molecule has 0 atom stereocenters. The minimum Gasteiger partial charge on any atom is -0.327 e. The molecule has 0 aliphatic carbocycles. The third-order valence-corrected chi connectivity index (χ3v) is 3.67. The molecule has 1 aromatic heterocycles. The van der Waals surface area contributed by atoms with E-state index in [4.69, 9.17) is 5.73 Å². The van der Waals surface area contributed by atoms with Gasteiger partial charge in [-0.1, -0.05) is 5.57 Å². The highest BCUT2D eigenvalue weighted by Crippen LogP contribution is 2.27. The van der Waals surface area contributed by atoms with Crippen LogP contribution in [0.5, 0.6) is 0 Å². The largest absolute Gasteiger partial charge is 0.327 e. The lowest BCUT2D eigenvalue weighted by atomic mass is 10.2. The predicted molar refractivity (Wildman–Crippen MR) is 59.5 cm³/mol. The van der Waals surface area contributed by atoms with E-state index in [0.29, 0.717) is 6.54 Å². The monoisotopic (exact) mass is 245 g/mol. The molecule has 0 fully saturated rings. The second kappa shape index (κ2) is 4.21. The van der Waals surface area contributed by atoms with Crippen LogP contribution < -0.4 is 5.73 Å². The molecule has 0 bridgehead atoms. The molecule has 1 nitrogen and oxygen atoms in total. The molecule has 0 spiro atoms. The van der Waals surface area contributed by atoms with E-state index in [9.17, 15) is 0 Å². The fourth-order valence-corrected chi connectivity index (χ4v) is 2.44. The zero-order valence-electron chi connectivity index (χ0n) is 7.23. The Bertz CT molecular complexity index is 282. The van der Waals surface area contributed by atoms with Gasteiger partial charge in [-0.15, -0.1) is 11.3 Å². The van der Waals surface area contributed by atoms with E-state index in [2.05, 4.69) is 35.0 Å². The van der Waals surface area contributed by atoms with Crippen molar-refractivity contribution in [2.75, 3.05) is 6.54 Å². The van der Waals surface area contributed by atoms with Gasteiger partial charge in [-0.3, -0.25) is 0 Å². The summed E-state index contributed by atoms with van der Waals surface area (Å²) < 4.78 is 1.18. The molecule has 0 radical (unpaired) electrons. The van der Waals surface area contributed by atoms with Crippen LogP contribution in [0.4, 0.5) is 0 Å². The summed E-state index contributed by atoms with van der Waals surface area (Å²) in [5, 5.41) is 0. The van der Waals surface area contributed by atoms with Crippen molar-refractivity contribution in [1.29, 1.82) is 0 Å². The summed E-state index contributed by atoms with van der Waals surface area (Å²) in [7, 11) is 0. The molecule has 12 heavy (non-hydrogen) atoms. The van der Waals surface area contributed by atoms with Crippen molar-refractivity contribution in [1.82, 2.24) is 0 Å². The van der Waals surface area contributed by atoms with Crippen molar-refractivity contribution < 1.29 is 0 Å². The molecule has 0 amide bonds. The second-order valence-electron chi connectivity index (χ2n) is 2.75. The molecule has 1 heterocycles. The smallest absolute Gasteiger partial charge is 0.0317 e. The van der Waals surface area contributed by atoms with Gasteiger partial charge in [-0.2, -0.15) is 0 Å². The minimum atomic E-state index is 0.633. The van der Waals surface area contributed by atoms with E-state index in [1.54, 1.807) is 11.3 Å². The zero-order valence-corrected chi connectivity index (χ0v) is 9.63. The first-order valence-corrected chi connectivity index (χ1v) is 5.37. The Morgan fingerprint density at radius 3 is 2.83 bits per heavy atom. The number of aryl methyl sites for hydroxylation is 1. The van der Waals surface area contributed by atoms with Crippen LogP contribution in [0.25, 0.3) is 6.08 Å². The summed E-state index contributed by atoms with van der Waals surface area (Å²) in [6.45, 7) is 4.78. The Morgan fingerprint density at radius 2 is 2.42 bits per heavy atom. The number of hydrogen-bond acceptors (Lipinski definition) is 2. The van der Waals surface area contributed by atoms with E-state index in [1.165, 1.54) is 19.8 Å². The number of rotatable bonds is 2. The summed E-state index contributed by atoms with van der Waals surface area (Å²) >= 11 is 5.26. The Morgan fingerprint density at radius 1 is 1.75 bits per heavy atom. The first-order valence-electron chi connectivity index (χ1n) is 3.76. The number of hydrogen-bond donors (Lipinski definition) is 1. The maximum Gasteiger partial charge on any atom is 0.0317 e. The van der Waals surface area contributed by atoms with Crippen molar-refractivity contribution in [3.05, 3.63) is 25.9 Å². The van der Waals surface area contributed by atoms with Gasteiger partial charge in [0.2, 0.25) is 0 Å². The number of nitrogens with two attached hydrogens (primary N) is 1. The van der Waals surface area contributed by atoms with Crippen molar-refractivity contribution in [3.8, 4) is 0 Å². The lowest BCUT2D eigenvalue weighted by Gasteiger charge is -1.91. The normalized spacial score (nSPS) is 12.2. The van der Waals surface area contributed by atoms with Gasteiger partial charge in [-0.05, 0) is 41.9 Å². The molecular weight excluding hydrogens is 234 g/mol. The van der Waals surface area contributed by atoms with Crippen LogP contribution in [0.1, 0.15) is 16.7 Å². The molecule has 0 aromatic carbocycles. The van der Waals surface area contributed by atoms with E-state index in [1.807, 2.05) is 6.92 Å². The van der Waals surface area contributed by atoms with Crippen LogP contribution in [0, 0.1) is 6.92 Å². The average molecular weight is 246 g/mol. The molecule has 0 aliphatic heterocycles. The van der Waals surface area contributed by atoms with Crippen molar-refractivity contribution in [2.24, 2.45) is 5.73 Å².